The van der Waals surface area contributed by atoms with Gasteiger partial charge in [-0.3, -0.25) is 0 Å². The number of anilines is 3. The molecule has 9 rings (SSSR count). The highest BCUT2D eigenvalue weighted by Gasteiger charge is 2.18. The minimum absolute atomic E-state index is 1.06. The highest BCUT2D eigenvalue weighted by atomic mass is 32.1. The summed E-state index contributed by atoms with van der Waals surface area (Å²) in [4.78, 5) is 8.09. The second kappa shape index (κ2) is 10.0. The van der Waals surface area contributed by atoms with Gasteiger partial charge < -0.3 is 4.90 Å². The van der Waals surface area contributed by atoms with Crippen LogP contribution in [0.1, 0.15) is 0 Å². The van der Waals surface area contributed by atoms with Gasteiger partial charge in [-0.25, -0.2) is 4.98 Å². The van der Waals surface area contributed by atoms with Crippen molar-refractivity contribution in [2.45, 2.75) is 0 Å². The molecule has 9 aromatic rings. The van der Waals surface area contributed by atoms with E-state index in [2.05, 4.69) is 155 Å². The molecule has 44 heavy (non-hydrogen) atoms. The summed E-state index contributed by atoms with van der Waals surface area (Å²) in [6.07, 6.45) is 1.88. The van der Waals surface area contributed by atoms with Gasteiger partial charge in [0.25, 0.3) is 0 Å². The molecule has 0 spiro atoms. The molecule has 0 N–H and O–H groups in total. The van der Waals surface area contributed by atoms with Gasteiger partial charge in [-0.05, 0) is 92.0 Å². The molecule has 7 aromatic carbocycles. The molecule has 0 saturated carbocycles. The molecule has 3 heteroatoms. The molecule has 0 atom stereocenters. The van der Waals surface area contributed by atoms with E-state index in [1.165, 1.54) is 58.9 Å². The van der Waals surface area contributed by atoms with Gasteiger partial charge in [0, 0.05) is 28.3 Å². The molecule has 2 heterocycles. The van der Waals surface area contributed by atoms with E-state index in [4.69, 9.17) is 0 Å². The van der Waals surface area contributed by atoms with Crippen LogP contribution in [-0.4, -0.2) is 4.98 Å². The van der Waals surface area contributed by atoms with Crippen molar-refractivity contribution in [3.05, 3.63) is 158 Å². The van der Waals surface area contributed by atoms with Crippen molar-refractivity contribution in [2.75, 3.05) is 4.90 Å². The van der Waals surface area contributed by atoms with E-state index in [1.54, 1.807) is 11.3 Å². The van der Waals surface area contributed by atoms with Crippen LogP contribution in [0, 0.1) is 0 Å². The summed E-state index contributed by atoms with van der Waals surface area (Å²) in [5, 5.41) is 10.1. The van der Waals surface area contributed by atoms with Gasteiger partial charge in [-0.1, -0.05) is 103 Å². The minimum atomic E-state index is 1.06. The molecule has 0 fully saturated rings. The molecule has 0 unspecified atom stereocenters. The maximum absolute atomic E-state index is 4.66. The Bertz CT molecular complexity index is 2490. The molecule has 206 valence electrons. The molecular formula is C41H26N2S. The van der Waals surface area contributed by atoms with Gasteiger partial charge in [-0.2, -0.15) is 0 Å². The normalized spacial score (nSPS) is 11.6. The van der Waals surface area contributed by atoms with Crippen molar-refractivity contribution in [3.8, 4) is 11.1 Å². The summed E-state index contributed by atoms with van der Waals surface area (Å²) in [6, 6.07) is 54.9. The first-order chi connectivity index (χ1) is 21.8. The lowest BCUT2D eigenvalue weighted by Crippen LogP contribution is -2.09. The van der Waals surface area contributed by atoms with E-state index in [0.717, 1.165) is 21.9 Å². The van der Waals surface area contributed by atoms with Crippen LogP contribution in [0.25, 0.3) is 63.7 Å². The van der Waals surface area contributed by atoms with Crippen LogP contribution in [0.3, 0.4) is 0 Å². The predicted octanol–water partition coefficient (Wildman–Crippen LogP) is 12.0. The van der Waals surface area contributed by atoms with E-state index < -0.39 is 0 Å². The first-order valence-corrected chi connectivity index (χ1v) is 15.7. The van der Waals surface area contributed by atoms with Crippen molar-refractivity contribution in [1.29, 1.82) is 0 Å². The zero-order chi connectivity index (χ0) is 29.0. The fourth-order valence-corrected chi connectivity index (χ4v) is 7.75. The molecule has 0 amide bonds. The molecule has 0 saturated heterocycles. The van der Waals surface area contributed by atoms with Gasteiger partial charge in [0.15, 0.2) is 0 Å². The Balaban J connectivity index is 1.17. The number of benzene rings is 7. The summed E-state index contributed by atoms with van der Waals surface area (Å²) < 4.78 is 1.24. The lowest BCUT2D eigenvalue weighted by atomic mass is 9.94. The summed E-state index contributed by atoms with van der Waals surface area (Å²) in [7, 11) is 0. The third-order valence-electron chi connectivity index (χ3n) is 8.71. The third-order valence-corrected chi connectivity index (χ3v) is 9.86. The molecular weight excluding hydrogens is 553 g/mol. The maximum Gasteiger partial charge on any atom is 0.124 e. The average Bonchev–Trinajstić information content (AvgIpc) is 3.48. The fourth-order valence-electron chi connectivity index (χ4n) is 6.60. The number of hydrogen-bond acceptors (Lipinski definition) is 3. The fraction of sp³-hybridized carbons (Fsp3) is 0. The maximum atomic E-state index is 4.66. The van der Waals surface area contributed by atoms with Crippen LogP contribution in [-0.2, 0) is 0 Å². The number of nitrogens with zero attached hydrogens (tertiary/aromatic N) is 2. The average molecular weight is 579 g/mol. The monoisotopic (exact) mass is 578 g/mol. The zero-order valence-corrected chi connectivity index (χ0v) is 24.6. The Labute approximate surface area is 259 Å². The summed E-state index contributed by atoms with van der Waals surface area (Å²) >= 11 is 1.76. The van der Waals surface area contributed by atoms with E-state index in [-0.39, 0.29) is 0 Å². The van der Waals surface area contributed by atoms with Crippen LogP contribution in [0.4, 0.5) is 17.1 Å². The van der Waals surface area contributed by atoms with Crippen LogP contribution < -0.4 is 4.90 Å². The highest BCUT2D eigenvalue weighted by Crippen LogP contribution is 2.44. The molecule has 0 aliphatic rings. The third kappa shape index (κ3) is 3.98. The van der Waals surface area contributed by atoms with Crippen molar-refractivity contribution < 1.29 is 0 Å². The van der Waals surface area contributed by atoms with Crippen LogP contribution >= 0.6 is 11.3 Å². The SMILES string of the molecule is c1ccc(N(c2ccc(-c3ccc4ccc5c6ccccc6ccc5c4c3)cc2)c2cccc3c2sc2ncccc23)cc1. The smallest absolute Gasteiger partial charge is 0.124 e. The van der Waals surface area contributed by atoms with Gasteiger partial charge in [0.05, 0.1) is 10.4 Å². The van der Waals surface area contributed by atoms with Crippen molar-refractivity contribution in [2.24, 2.45) is 0 Å². The Hall–Kier alpha value is -5.51. The van der Waals surface area contributed by atoms with Crippen molar-refractivity contribution in [1.82, 2.24) is 4.98 Å². The van der Waals surface area contributed by atoms with Gasteiger partial charge in [0.2, 0.25) is 0 Å². The zero-order valence-electron chi connectivity index (χ0n) is 23.8. The number of fused-ring (bicyclic) bond motifs is 8. The Morgan fingerprint density at radius 3 is 1.95 bits per heavy atom. The van der Waals surface area contributed by atoms with Crippen LogP contribution in [0.15, 0.2) is 158 Å². The van der Waals surface area contributed by atoms with Gasteiger partial charge in [-0.15, -0.1) is 11.3 Å². The number of pyridine rings is 1. The number of para-hydroxylation sites is 1. The Kier molecular flexibility index (Phi) is 5.71. The predicted molar refractivity (Wildman–Crippen MR) is 190 cm³/mol. The molecule has 0 radical (unpaired) electrons. The second-order valence-electron chi connectivity index (χ2n) is 11.2. The largest absolute Gasteiger partial charge is 0.309 e. The quantitative estimate of drug-likeness (QED) is 0.193. The standard InChI is InChI=1S/C41H26N2S/c1-2-9-31(10-3-1)43(39-14-6-12-36-37-13-7-25-42-41(37)44-40(36)39)32-21-17-27(18-22-32)30-16-15-29-20-23-34-33-11-5-4-8-28(33)19-24-35(34)38(29)26-30/h1-26H. The first kappa shape index (κ1) is 25.0. The van der Waals surface area contributed by atoms with Crippen molar-refractivity contribution >= 4 is 81.0 Å². The van der Waals surface area contributed by atoms with Gasteiger partial charge in [0.1, 0.15) is 4.83 Å². The van der Waals surface area contributed by atoms with E-state index >= 15 is 0 Å². The lowest BCUT2D eigenvalue weighted by molar-refractivity contribution is 1.30. The molecule has 0 bridgehead atoms. The van der Waals surface area contributed by atoms with Crippen LogP contribution in [0.2, 0.25) is 0 Å². The number of hydrogen-bond donors (Lipinski definition) is 0. The highest BCUT2D eigenvalue weighted by molar-refractivity contribution is 7.26. The minimum Gasteiger partial charge on any atom is -0.309 e. The number of aromatic nitrogens is 1. The summed E-state index contributed by atoms with van der Waals surface area (Å²) in [5.74, 6) is 0. The number of rotatable bonds is 4. The molecule has 0 aliphatic carbocycles. The number of thiophene rings is 1. The Morgan fingerprint density at radius 2 is 1.09 bits per heavy atom. The molecule has 2 aromatic heterocycles. The van der Waals surface area contributed by atoms with E-state index in [1.807, 2.05) is 12.3 Å². The summed E-state index contributed by atoms with van der Waals surface area (Å²) in [6.45, 7) is 0. The van der Waals surface area contributed by atoms with Crippen molar-refractivity contribution in [3.63, 3.8) is 0 Å². The lowest BCUT2D eigenvalue weighted by Gasteiger charge is -2.26. The van der Waals surface area contributed by atoms with E-state index in [0.29, 0.717) is 0 Å². The molecule has 2 nitrogen and oxygen atoms in total. The van der Waals surface area contributed by atoms with Gasteiger partial charge >= 0.3 is 0 Å². The molecule has 0 aliphatic heterocycles. The Morgan fingerprint density at radius 1 is 0.432 bits per heavy atom. The first-order valence-electron chi connectivity index (χ1n) is 14.9. The van der Waals surface area contributed by atoms with E-state index in [9.17, 15) is 0 Å². The van der Waals surface area contributed by atoms with Crippen LogP contribution in [0.5, 0.6) is 0 Å². The topological polar surface area (TPSA) is 16.1 Å². The summed E-state index contributed by atoms with van der Waals surface area (Å²) in [5.41, 5.74) is 5.83. The second-order valence-corrected chi connectivity index (χ2v) is 12.2.